The van der Waals surface area contributed by atoms with E-state index in [1.54, 1.807) is 6.20 Å². The van der Waals surface area contributed by atoms with Gasteiger partial charge in [-0.05, 0) is 37.1 Å². The van der Waals surface area contributed by atoms with E-state index >= 15 is 0 Å². The zero-order valence-corrected chi connectivity index (χ0v) is 10.8. The summed E-state index contributed by atoms with van der Waals surface area (Å²) in [5.74, 6) is 0.00665. The molecule has 4 heteroatoms. The van der Waals surface area contributed by atoms with Gasteiger partial charge in [-0.2, -0.15) is 0 Å². The second-order valence-corrected chi connectivity index (χ2v) is 4.84. The predicted molar refractivity (Wildman–Crippen MR) is 77.0 cm³/mol. The molecule has 3 N–H and O–H groups in total. The number of nitrogens with one attached hydrogen (secondary N) is 1. The van der Waals surface area contributed by atoms with E-state index in [9.17, 15) is 0 Å². The fraction of sp³-hybridized carbons (Fsp3) is 0.200. The number of hydrogen-bond acceptors (Lipinski definition) is 3. The summed E-state index contributed by atoms with van der Waals surface area (Å²) in [6, 6.07) is 12.6. The first kappa shape index (κ1) is 11.7. The summed E-state index contributed by atoms with van der Waals surface area (Å²) in [5, 5.41) is 7.68. The number of nitrogens with two attached hydrogens (primary N) is 1. The van der Waals surface area contributed by atoms with Crippen LogP contribution in [0.4, 0.5) is 11.4 Å². The highest BCUT2D eigenvalue weighted by atomic mass is 15.2. The van der Waals surface area contributed by atoms with Crippen LogP contribution in [0.2, 0.25) is 0 Å². The van der Waals surface area contributed by atoms with Crippen molar-refractivity contribution in [1.82, 2.24) is 4.98 Å². The molecule has 1 aromatic carbocycles. The molecule has 2 heterocycles. The van der Waals surface area contributed by atoms with Crippen molar-refractivity contribution in [3.05, 3.63) is 53.9 Å². The molecular weight excluding hydrogens is 236 g/mol. The lowest BCUT2D eigenvalue weighted by molar-refractivity contribution is 0.757. The van der Waals surface area contributed by atoms with Crippen molar-refractivity contribution in [2.75, 3.05) is 4.90 Å². The third-order valence-electron chi connectivity index (χ3n) is 3.51. The van der Waals surface area contributed by atoms with Gasteiger partial charge >= 0.3 is 0 Å². The number of hydrogen-bond donors (Lipinski definition) is 2. The molecule has 3 rings (SSSR count). The number of amidine groups is 1. The van der Waals surface area contributed by atoms with Crippen LogP contribution in [0, 0.1) is 5.41 Å². The smallest absolute Gasteiger partial charge is 0.143 e. The quantitative estimate of drug-likeness (QED) is 0.637. The summed E-state index contributed by atoms with van der Waals surface area (Å²) in [5.41, 5.74) is 9.61. The third-order valence-corrected chi connectivity index (χ3v) is 3.51. The lowest BCUT2D eigenvalue weighted by atomic mass is 10.1. The molecule has 0 saturated heterocycles. The predicted octanol–water partition coefficient (Wildman–Crippen LogP) is 2.45. The molecule has 19 heavy (non-hydrogen) atoms. The maximum Gasteiger partial charge on any atom is 0.143 e. The summed E-state index contributed by atoms with van der Waals surface area (Å²) in [6.45, 7) is 2.18. The zero-order chi connectivity index (χ0) is 13.4. The Kier molecular flexibility index (Phi) is 2.71. The highest BCUT2D eigenvalue weighted by Crippen LogP contribution is 2.38. The van der Waals surface area contributed by atoms with Crippen LogP contribution in [-0.2, 0) is 6.42 Å². The van der Waals surface area contributed by atoms with E-state index in [4.69, 9.17) is 11.1 Å². The average Bonchev–Trinajstić information content (AvgIpc) is 2.74. The van der Waals surface area contributed by atoms with Crippen molar-refractivity contribution in [3.8, 4) is 0 Å². The molecule has 0 aliphatic carbocycles. The number of anilines is 2. The second-order valence-electron chi connectivity index (χ2n) is 4.84. The molecule has 0 radical (unpaired) electrons. The van der Waals surface area contributed by atoms with Crippen molar-refractivity contribution in [1.29, 1.82) is 5.41 Å². The largest absolute Gasteiger partial charge is 0.382 e. The van der Waals surface area contributed by atoms with Crippen molar-refractivity contribution in [2.45, 2.75) is 19.4 Å². The lowest BCUT2D eigenvalue weighted by Crippen LogP contribution is -2.27. The van der Waals surface area contributed by atoms with Crippen LogP contribution in [0.15, 0.2) is 42.6 Å². The minimum Gasteiger partial charge on any atom is -0.382 e. The van der Waals surface area contributed by atoms with Crippen LogP contribution < -0.4 is 10.6 Å². The number of aromatic nitrogens is 1. The summed E-state index contributed by atoms with van der Waals surface area (Å²) >= 11 is 0. The van der Waals surface area contributed by atoms with Gasteiger partial charge in [0.15, 0.2) is 0 Å². The van der Waals surface area contributed by atoms with Crippen LogP contribution in [-0.4, -0.2) is 16.9 Å². The number of para-hydroxylation sites is 1. The molecule has 0 bridgehead atoms. The number of nitrogens with zero attached hydrogens (tertiary/aromatic N) is 2. The van der Waals surface area contributed by atoms with Gasteiger partial charge in [-0.1, -0.05) is 18.2 Å². The minimum atomic E-state index is 0.00665. The molecular formula is C15H16N4. The summed E-state index contributed by atoms with van der Waals surface area (Å²) < 4.78 is 0. The SMILES string of the molecule is CC1Cc2ccccc2N1c1cccnc1C(=N)N. The maximum absolute atomic E-state index is 7.68. The molecule has 1 atom stereocenters. The molecule has 4 nitrogen and oxygen atoms in total. The van der Waals surface area contributed by atoms with Crippen molar-refractivity contribution in [3.63, 3.8) is 0 Å². The van der Waals surface area contributed by atoms with Crippen LogP contribution in [0.25, 0.3) is 0 Å². The van der Waals surface area contributed by atoms with Crippen molar-refractivity contribution < 1.29 is 0 Å². The van der Waals surface area contributed by atoms with Crippen LogP contribution >= 0.6 is 0 Å². The number of fused-ring (bicyclic) bond motifs is 1. The van der Waals surface area contributed by atoms with Gasteiger partial charge in [-0.25, -0.2) is 0 Å². The molecule has 0 saturated carbocycles. The molecule has 2 aromatic rings. The number of nitrogen functional groups attached to an aromatic ring is 1. The first-order valence-corrected chi connectivity index (χ1v) is 6.35. The van der Waals surface area contributed by atoms with Gasteiger partial charge in [0.25, 0.3) is 0 Å². The van der Waals surface area contributed by atoms with Gasteiger partial charge in [0.1, 0.15) is 11.5 Å². The van der Waals surface area contributed by atoms with Crippen LogP contribution in [0.3, 0.4) is 0 Å². The lowest BCUT2D eigenvalue weighted by Gasteiger charge is -2.26. The van der Waals surface area contributed by atoms with Crippen molar-refractivity contribution >= 4 is 17.2 Å². The van der Waals surface area contributed by atoms with Crippen LogP contribution in [0.1, 0.15) is 18.2 Å². The van der Waals surface area contributed by atoms with Gasteiger partial charge in [0, 0.05) is 17.9 Å². The minimum absolute atomic E-state index is 0.00665. The molecule has 1 aliphatic rings. The maximum atomic E-state index is 7.68. The number of benzene rings is 1. The Morgan fingerprint density at radius 2 is 2.00 bits per heavy atom. The Balaban J connectivity index is 2.15. The molecule has 96 valence electrons. The Morgan fingerprint density at radius 1 is 1.26 bits per heavy atom. The Bertz CT molecular complexity index is 636. The fourth-order valence-corrected chi connectivity index (χ4v) is 2.73. The zero-order valence-electron chi connectivity index (χ0n) is 10.8. The van der Waals surface area contributed by atoms with E-state index in [1.807, 2.05) is 18.2 Å². The van der Waals surface area contributed by atoms with E-state index < -0.39 is 0 Å². The molecule has 0 amide bonds. The molecule has 1 aliphatic heterocycles. The summed E-state index contributed by atoms with van der Waals surface area (Å²) in [4.78, 5) is 6.46. The first-order chi connectivity index (χ1) is 9.18. The first-order valence-electron chi connectivity index (χ1n) is 6.35. The van der Waals surface area contributed by atoms with Gasteiger partial charge < -0.3 is 10.6 Å². The van der Waals surface area contributed by atoms with Gasteiger partial charge in [0.05, 0.1) is 5.69 Å². The van der Waals surface area contributed by atoms with Gasteiger partial charge in [-0.15, -0.1) is 0 Å². The summed E-state index contributed by atoms with van der Waals surface area (Å²) in [7, 11) is 0. The normalized spacial score (nSPS) is 17.3. The molecule has 1 aromatic heterocycles. The number of rotatable bonds is 2. The van der Waals surface area contributed by atoms with E-state index in [2.05, 4.69) is 35.0 Å². The second kappa shape index (κ2) is 4.39. The third kappa shape index (κ3) is 1.85. The topological polar surface area (TPSA) is 66.0 Å². The van der Waals surface area contributed by atoms with Gasteiger partial charge in [-0.3, -0.25) is 10.4 Å². The highest BCUT2D eigenvalue weighted by molar-refractivity contribution is 5.99. The van der Waals surface area contributed by atoms with E-state index in [-0.39, 0.29) is 5.84 Å². The van der Waals surface area contributed by atoms with Crippen LogP contribution in [0.5, 0.6) is 0 Å². The fourth-order valence-electron chi connectivity index (χ4n) is 2.73. The standard InChI is InChI=1S/C15H16N4/c1-10-9-11-5-2-3-6-12(11)19(10)13-7-4-8-18-14(13)15(16)17/h2-8,10H,9H2,1H3,(H3,16,17). The molecule has 0 fully saturated rings. The van der Waals surface area contributed by atoms with Gasteiger partial charge in [0.2, 0.25) is 0 Å². The van der Waals surface area contributed by atoms with E-state index in [0.29, 0.717) is 11.7 Å². The summed E-state index contributed by atoms with van der Waals surface area (Å²) in [6.07, 6.45) is 2.68. The molecule has 1 unspecified atom stereocenters. The Morgan fingerprint density at radius 3 is 2.79 bits per heavy atom. The molecule has 0 spiro atoms. The van der Waals surface area contributed by atoms with Crippen molar-refractivity contribution in [2.24, 2.45) is 5.73 Å². The highest BCUT2D eigenvalue weighted by Gasteiger charge is 2.28. The van der Waals surface area contributed by atoms with E-state index in [0.717, 1.165) is 12.1 Å². The van der Waals surface area contributed by atoms with E-state index in [1.165, 1.54) is 11.3 Å². The Hall–Kier alpha value is -2.36. The average molecular weight is 252 g/mol. The monoisotopic (exact) mass is 252 g/mol. The Labute approximate surface area is 112 Å². The number of pyridine rings is 1.